The molecule has 1 aromatic heterocycles. The van der Waals surface area contributed by atoms with Gasteiger partial charge in [-0.05, 0) is 35.9 Å². The lowest BCUT2D eigenvalue weighted by molar-refractivity contribution is -0.123. The summed E-state index contributed by atoms with van der Waals surface area (Å²) in [5.41, 5.74) is 0.879. The van der Waals surface area contributed by atoms with Crippen LogP contribution in [0.3, 0.4) is 0 Å². The van der Waals surface area contributed by atoms with Crippen LogP contribution in [-0.2, 0) is 16.1 Å². The maximum absolute atomic E-state index is 12.4. The first-order valence-electron chi connectivity index (χ1n) is 11.3. The summed E-state index contributed by atoms with van der Waals surface area (Å²) in [5.74, 6) is -0.0405. The van der Waals surface area contributed by atoms with Gasteiger partial charge in [0.25, 0.3) is 5.56 Å². The second-order valence-corrected chi connectivity index (χ2v) is 8.36. The number of rotatable bonds is 9. The highest BCUT2D eigenvalue weighted by molar-refractivity contribution is 6.02. The molecular formula is C25H26N4O6. The van der Waals surface area contributed by atoms with E-state index in [0.717, 1.165) is 5.56 Å². The summed E-state index contributed by atoms with van der Waals surface area (Å²) < 4.78 is 6.58. The summed E-state index contributed by atoms with van der Waals surface area (Å²) in [5, 5.41) is 5.84. The number of ether oxygens (including phenoxy) is 1. The fourth-order valence-electron chi connectivity index (χ4n) is 4.35. The van der Waals surface area contributed by atoms with Crippen LogP contribution in [0.5, 0.6) is 5.75 Å². The summed E-state index contributed by atoms with van der Waals surface area (Å²) in [6, 6.07) is 12.0. The molecule has 2 aromatic carbocycles. The number of nitrogens with zero attached hydrogens (tertiary/aromatic N) is 1. The van der Waals surface area contributed by atoms with Crippen LogP contribution in [0.2, 0.25) is 0 Å². The Balaban J connectivity index is 1.23. The van der Waals surface area contributed by atoms with Gasteiger partial charge >= 0.3 is 5.69 Å². The predicted molar refractivity (Wildman–Crippen MR) is 129 cm³/mol. The van der Waals surface area contributed by atoms with Crippen LogP contribution in [0.15, 0.2) is 52.1 Å². The first kappa shape index (κ1) is 23.9. The van der Waals surface area contributed by atoms with Crippen LogP contribution in [0.25, 0.3) is 10.9 Å². The van der Waals surface area contributed by atoms with Gasteiger partial charge in [0.2, 0.25) is 11.8 Å². The number of H-pyrrole nitrogens is 1. The molecule has 35 heavy (non-hydrogen) atoms. The number of fused-ring (bicyclic) bond motifs is 2. The molecule has 182 valence electrons. The van der Waals surface area contributed by atoms with Gasteiger partial charge in [-0.3, -0.25) is 28.7 Å². The summed E-state index contributed by atoms with van der Waals surface area (Å²) in [7, 11) is 1.55. The minimum Gasteiger partial charge on any atom is -0.497 e. The molecular weight excluding hydrogens is 452 g/mol. The summed E-state index contributed by atoms with van der Waals surface area (Å²) in [6.45, 7) is 0.560. The number of hydrogen-bond acceptors (Lipinski definition) is 6. The third kappa shape index (κ3) is 5.32. The van der Waals surface area contributed by atoms with Crippen molar-refractivity contribution in [2.45, 2.75) is 31.7 Å². The van der Waals surface area contributed by atoms with E-state index in [1.54, 1.807) is 49.6 Å². The number of Topliss-reactive ketones (excluding diaryl/α,β-unsaturated/α-hetero) is 1. The average molecular weight is 479 g/mol. The van der Waals surface area contributed by atoms with Crippen LogP contribution < -0.4 is 26.6 Å². The number of amides is 2. The van der Waals surface area contributed by atoms with E-state index in [0.29, 0.717) is 22.2 Å². The molecule has 0 fully saturated rings. The maximum Gasteiger partial charge on any atom is 0.328 e. The van der Waals surface area contributed by atoms with Gasteiger partial charge in [-0.25, -0.2) is 4.79 Å². The van der Waals surface area contributed by atoms with E-state index < -0.39 is 11.2 Å². The van der Waals surface area contributed by atoms with E-state index in [4.69, 9.17) is 4.74 Å². The number of aromatic nitrogens is 2. The molecule has 0 bridgehead atoms. The predicted octanol–water partition coefficient (Wildman–Crippen LogP) is 1.08. The van der Waals surface area contributed by atoms with Crippen molar-refractivity contribution in [3.8, 4) is 5.75 Å². The van der Waals surface area contributed by atoms with Gasteiger partial charge in [0.1, 0.15) is 5.75 Å². The lowest BCUT2D eigenvalue weighted by Gasteiger charge is -2.13. The van der Waals surface area contributed by atoms with Gasteiger partial charge < -0.3 is 15.4 Å². The molecule has 0 spiro atoms. The monoisotopic (exact) mass is 478 g/mol. The second kappa shape index (κ2) is 10.4. The Kier molecular flexibility index (Phi) is 7.09. The van der Waals surface area contributed by atoms with Crippen LogP contribution in [0, 0.1) is 0 Å². The number of nitrogens with one attached hydrogen (secondary N) is 3. The number of carbonyl (C=O) groups is 3. The first-order valence-corrected chi connectivity index (χ1v) is 11.3. The normalized spacial score (nSPS) is 14.5. The molecule has 4 rings (SSSR count). The number of ketones is 1. The Labute approximate surface area is 200 Å². The fourth-order valence-corrected chi connectivity index (χ4v) is 4.35. The van der Waals surface area contributed by atoms with Crippen molar-refractivity contribution in [2.24, 2.45) is 0 Å². The molecule has 3 N–H and O–H groups in total. The number of para-hydroxylation sites is 1. The Morgan fingerprint density at radius 2 is 1.80 bits per heavy atom. The van der Waals surface area contributed by atoms with Gasteiger partial charge in [-0.2, -0.15) is 0 Å². The average Bonchev–Trinajstić information content (AvgIpc) is 3.15. The largest absolute Gasteiger partial charge is 0.497 e. The minimum absolute atomic E-state index is 0.0158. The van der Waals surface area contributed by atoms with Crippen LogP contribution in [-0.4, -0.2) is 47.3 Å². The van der Waals surface area contributed by atoms with Crippen LogP contribution in [0.4, 0.5) is 0 Å². The zero-order valence-electron chi connectivity index (χ0n) is 19.3. The molecule has 10 heteroatoms. The molecule has 0 saturated carbocycles. The molecule has 1 atom stereocenters. The van der Waals surface area contributed by atoms with E-state index in [1.807, 2.05) is 0 Å². The highest BCUT2D eigenvalue weighted by atomic mass is 16.5. The lowest BCUT2D eigenvalue weighted by atomic mass is 9.97. The Hall–Kier alpha value is -4.21. The van der Waals surface area contributed by atoms with Gasteiger partial charge in [-0.1, -0.05) is 12.1 Å². The number of carbonyl (C=O) groups excluding carboxylic acids is 3. The molecule has 2 amide bonds. The van der Waals surface area contributed by atoms with Gasteiger partial charge in [0, 0.05) is 50.4 Å². The maximum atomic E-state index is 12.4. The summed E-state index contributed by atoms with van der Waals surface area (Å²) in [6.07, 6.45) is 0.486. The van der Waals surface area contributed by atoms with Crippen molar-refractivity contribution in [3.63, 3.8) is 0 Å². The Bertz CT molecular complexity index is 1410. The van der Waals surface area contributed by atoms with E-state index in [1.165, 1.54) is 4.57 Å². The third-order valence-corrected chi connectivity index (χ3v) is 6.10. The van der Waals surface area contributed by atoms with Gasteiger partial charge in [-0.15, -0.1) is 0 Å². The highest BCUT2D eigenvalue weighted by Gasteiger charge is 2.31. The number of aryl methyl sites for hydroxylation is 1. The smallest absolute Gasteiger partial charge is 0.328 e. The van der Waals surface area contributed by atoms with Gasteiger partial charge in [0.15, 0.2) is 5.78 Å². The molecule has 1 aliphatic rings. The van der Waals surface area contributed by atoms with E-state index in [2.05, 4.69) is 15.6 Å². The molecule has 0 radical (unpaired) electrons. The standard InChI is InChI=1S/C25H26N4O6/c1-35-16-6-7-17-19(14-16)15(12-21(17)30)13-23(32)27-10-9-26-22(31)8-11-29-20-5-3-2-4-18(20)24(33)28-25(29)34/h2-7,14-15H,8-13H2,1H3,(H,26,31)(H,27,32)(H,28,33,34). The van der Waals surface area contributed by atoms with Crippen LogP contribution >= 0.6 is 0 Å². The Morgan fingerprint density at radius 1 is 1.06 bits per heavy atom. The van der Waals surface area contributed by atoms with Crippen molar-refractivity contribution < 1.29 is 19.1 Å². The summed E-state index contributed by atoms with van der Waals surface area (Å²) in [4.78, 5) is 63.2. The minimum atomic E-state index is -0.571. The molecule has 10 nitrogen and oxygen atoms in total. The highest BCUT2D eigenvalue weighted by Crippen LogP contribution is 2.37. The number of hydrogen-bond donors (Lipinski definition) is 3. The van der Waals surface area contributed by atoms with E-state index in [-0.39, 0.29) is 62.4 Å². The summed E-state index contributed by atoms with van der Waals surface area (Å²) >= 11 is 0. The quantitative estimate of drug-likeness (QED) is 0.393. The molecule has 0 aliphatic heterocycles. The number of benzene rings is 2. The number of methoxy groups -OCH3 is 1. The third-order valence-electron chi connectivity index (χ3n) is 6.10. The van der Waals surface area contributed by atoms with Crippen molar-refractivity contribution >= 4 is 28.5 Å². The zero-order chi connectivity index (χ0) is 24.9. The zero-order valence-corrected chi connectivity index (χ0v) is 19.3. The van der Waals surface area contributed by atoms with Crippen molar-refractivity contribution in [2.75, 3.05) is 20.2 Å². The van der Waals surface area contributed by atoms with Gasteiger partial charge in [0.05, 0.1) is 18.0 Å². The van der Waals surface area contributed by atoms with Crippen molar-refractivity contribution in [1.29, 1.82) is 0 Å². The fraction of sp³-hybridized carbons (Fsp3) is 0.320. The molecule has 1 unspecified atom stereocenters. The van der Waals surface area contributed by atoms with E-state index in [9.17, 15) is 24.0 Å². The first-order chi connectivity index (χ1) is 16.9. The van der Waals surface area contributed by atoms with E-state index >= 15 is 0 Å². The molecule has 0 saturated heterocycles. The molecule has 1 aliphatic carbocycles. The SMILES string of the molecule is COc1ccc2c(c1)C(CC(=O)NCCNC(=O)CCn1c(=O)[nH]c(=O)c3ccccc31)CC2=O. The number of aromatic amines is 1. The van der Waals surface area contributed by atoms with Crippen LogP contribution in [0.1, 0.15) is 41.1 Å². The second-order valence-electron chi connectivity index (χ2n) is 8.36. The lowest BCUT2D eigenvalue weighted by Crippen LogP contribution is -2.36. The topological polar surface area (TPSA) is 139 Å². The Morgan fingerprint density at radius 3 is 2.57 bits per heavy atom. The molecule has 1 heterocycles. The molecule has 3 aromatic rings. The van der Waals surface area contributed by atoms with Crippen molar-refractivity contribution in [3.05, 3.63) is 74.4 Å². The van der Waals surface area contributed by atoms with Crippen molar-refractivity contribution in [1.82, 2.24) is 20.2 Å².